The summed E-state index contributed by atoms with van der Waals surface area (Å²) in [4.78, 5) is 0. The quantitative estimate of drug-likeness (QED) is 0.515. The maximum Gasteiger partial charge on any atom is 0.128 e. The Morgan fingerprint density at radius 1 is 1.56 bits per heavy atom. The van der Waals surface area contributed by atoms with Crippen molar-refractivity contribution in [2.45, 2.75) is 39.3 Å². The first-order valence-corrected chi connectivity index (χ1v) is 3.41. The summed E-state index contributed by atoms with van der Waals surface area (Å²) < 4.78 is 13.1. The number of halogens is 1. The summed E-state index contributed by atoms with van der Waals surface area (Å²) in [6.45, 7) is 8.98. The van der Waals surface area contributed by atoms with E-state index < -0.39 is 5.67 Å². The van der Waals surface area contributed by atoms with E-state index in [1.807, 2.05) is 13.8 Å². The van der Waals surface area contributed by atoms with Crippen LogP contribution in [0.15, 0.2) is 12.2 Å². The Labute approximate surface area is 56.8 Å². The first-order chi connectivity index (χ1) is 4.04. The van der Waals surface area contributed by atoms with Crippen molar-refractivity contribution < 1.29 is 4.39 Å². The summed E-state index contributed by atoms with van der Waals surface area (Å²) in [5.74, 6) is 0. The van der Waals surface area contributed by atoms with Gasteiger partial charge in [0.05, 0.1) is 0 Å². The Morgan fingerprint density at radius 3 is 2.11 bits per heavy atom. The van der Waals surface area contributed by atoms with E-state index in [4.69, 9.17) is 0 Å². The van der Waals surface area contributed by atoms with Crippen LogP contribution >= 0.6 is 0 Å². The van der Waals surface area contributed by atoms with Gasteiger partial charge in [-0.05, 0) is 25.3 Å². The van der Waals surface area contributed by atoms with Crippen LogP contribution in [0.3, 0.4) is 0 Å². The second-order valence-electron chi connectivity index (χ2n) is 2.51. The molecule has 0 aromatic carbocycles. The Morgan fingerprint density at radius 2 is 2.00 bits per heavy atom. The van der Waals surface area contributed by atoms with Crippen LogP contribution < -0.4 is 0 Å². The van der Waals surface area contributed by atoms with Crippen molar-refractivity contribution in [3.63, 3.8) is 0 Å². The van der Waals surface area contributed by atoms with Gasteiger partial charge in [0.1, 0.15) is 5.67 Å². The van der Waals surface area contributed by atoms with Gasteiger partial charge in [-0.3, -0.25) is 0 Å². The summed E-state index contributed by atoms with van der Waals surface area (Å²) in [7, 11) is 0. The molecule has 0 aliphatic heterocycles. The topological polar surface area (TPSA) is 0 Å². The molecule has 0 fully saturated rings. The molecule has 0 nitrogen and oxygen atoms in total. The molecule has 9 heavy (non-hydrogen) atoms. The van der Waals surface area contributed by atoms with E-state index in [0.29, 0.717) is 12.0 Å². The van der Waals surface area contributed by atoms with Crippen LogP contribution in [0.1, 0.15) is 33.6 Å². The van der Waals surface area contributed by atoms with Crippen LogP contribution in [0, 0.1) is 0 Å². The number of hydrogen-bond donors (Lipinski definition) is 0. The van der Waals surface area contributed by atoms with E-state index in [0.717, 1.165) is 6.42 Å². The van der Waals surface area contributed by atoms with Gasteiger partial charge in [0, 0.05) is 0 Å². The molecule has 54 valence electrons. The second kappa shape index (κ2) is 3.00. The molecule has 0 aliphatic rings. The highest BCUT2D eigenvalue weighted by atomic mass is 19.1. The van der Waals surface area contributed by atoms with Crippen molar-refractivity contribution in [1.29, 1.82) is 0 Å². The summed E-state index contributed by atoms with van der Waals surface area (Å²) in [5, 5.41) is 0. The van der Waals surface area contributed by atoms with Crippen LogP contribution in [0.5, 0.6) is 0 Å². The van der Waals surface area contributed by atoms with Crippen LogP contribution in [-0.2, 0) is 0 Å². The van der Waals surface area contributed by atoms with Gasteiger partial charge in [-0.25, -0.2) is 4.39 Å². The molecule has 0 aliphatic carbocycles. The first-order valence-electron chi connectivity index (χ1n) is 3.41. The molecule has 1 atom stereocenters. The van der Waals surface area contributed by atoms with Crippen LogP contribution in [0.4, 0.5) is 4.39 Å². The molecule has 0 aromatic rings. The molecule has 0 spiro atoms. The fraction of sp³-hybridized carbons (Fsp3) is 0.750. The minimum absolute atomic E-state index is 0.527. The van der Waals surface area contributed by atoms with Crippen molar-refractivity contribution in [1.82, 2.24) is 0 Å². The molecule has 0 radical (unpaired) electrons. The van der Waals surface area contributed by atoms with Crippen molar-refractivity contribution in [2.24, 2.45) is 0 Å². The highest BCUT2D eigenvalue weighted by Crippen LogP contribution is 2.25. The van der Waals surface area contributed by atoms with E-state index in [1.54, 1.807) is 6.92 Å². The molecule has 1 heteroatoms. The third-order valence-electron chi connectivity index (χ3n) is 1.83. The lowest BCUT2D eigenvalue weighted by atomic mass is 9.95. The standard InChI is InChI=1S/C8H15F/c1-5-7(3)8(4,9)6-2/h3,5-6H2,1-2,4H3. The van der Waals surface area contributed by atoms with E-state index in [2.05, 4.69) is 6.58 Å². The van der Waals surface area contributed by atoms with Gasteiger partial charge in [-0.2, -0.15) is 0 Å². The van der Waals surface area contributed by atoms with Gasteiger partial charge in [-0.1, -0.05) is 20.4 Å². The first kappa shape index (κ1) is 8.67. The Hall–Kier alpha value is -0.330. The van der Waals surface area contributed by atoms with Crippen LogP contribution in [-0.4, -0.2) is 5.67 Å². The second-order valence-corrected chi connectivity index (χ2v) is 2.51. The number of hydrogen-bond acceptors (Lipinski definition) is 0. The lowest BCUT2D eigenvalue weighted by Crippen LogP contribution is -2.18. The lowest BCUT2D eigenvalue weighted by molar-refractivity contribution is 0.228. The smallest absolute Gasteiger partial charge is 0.128 e. The van der Waals surface area contributed by atoms with Crippen molar-refractivity contribution in [2.75, 3.05) is 0 Å². The third-order valence-corrected chi connectivity index (χ3v) is 1.83. The number of alkyl halides is 1. The van der Waals surface area contributed by atoms with Crippen molar-refractivity contribution in [3.05, 3.63) is 12.2 Å². The zero-order valence-corrected chi connectivity index (χ0v) is 6.50. The molecule has 1 unspecified atom stereocenters. The molecular formula is C8H15F. The van der Waals surface area contributed by atoms with E-state index in [1.165, 1.54) is 0 Å². The summed E-state index contributed by atoms with van der Waals surface area (Å²) in [6, 6.07) is 0. The van der Waals surface area contributed by atoms with Gasteiger partial charge >= 0.3 is 0 Å². The molecule has 0 aromatic heterocycles. The highest BCUT2D eigenvalue weighted by Gasteiger charge is 2.22. The molecule has 0 amide bonds. The number of rotatable bonds is 3. The normalized spacial score (nSPS) is 16.9. The average Bonchev–Trinajstić information content (AvgIpc) is 1.86. The molecule has 0 N–H and O–H groups in total. The zero-order chi connectivity index (χ0) is 7.49. The molecular weight excluding hydrogens is 115 g/mol. The van der Waals surface area contributed by atoms with Crippen LogP contribution in [0.2, 0.25) is 0 Å². The van der Waals surface area contributed by atoms with E-state index in [-0.39, 0.29) is 0 Å². The fourth-order valence-electron chi connectivity index (χ4n) is 0.619. The molecule has 0 saturated heterocycles. The fourth-order valence-corrected chi connectivity index (χ4v) is 0.619. The largest absolute Gasteiger partial charge is 0.239 e. The van der Waals surface area contributed by atoms with Gasteiger partial charge in [-0.15, -0.1) is 0 Å². The Balaban J connectivity index is 3.97. The Bertz CT molecular complexity index is 103. The van der Waals surface area contributed by atoms with Gasteiger partial charge in [0.15, 0.2) is 0 Å². The predicted octanol–water partition coefficient (Wildman–Crippen LogP) is 3.09. The highest BCUT2D eigenvalue weighted by molar-refractivity contribution is 5.09. The monoisotopic (exact) mass is 130 g/mol. The lowest BCUT2D eigenvalue weighted by Gasteiger charge is -2.19. The molecule has 0 heterocycles. The molecule has 0 rings (SSSR count). The van der Waals surface area contributed by atoms with Gasteiger partial charge < -0.3 is 0 Å². The summed E-state index contributed by atoms with van der Waals surface area (Å²) in [5.41, 5.74) is -0.445. The minimum atomic E-state index is -1.14. The summed E-state index contributed by atoms with van der Waals surface area (Å²) >= 11 is 0. The third kappa shape index (κ3) is 2.17. The molecule has 0 saturated carbocycles. The van der Waals surface area contributed by atoms with Gasteiger partial charge in [0.2, 0.25) is 0 Å². The maximum absolute atomic E-state index is 13.1. The van der Waals surface area contributed by atoms with Crippen LogP contribution in [0.25, 0.3) is 0 Å². The number of allylic oxidation sites excluding steroid dienone is 1. The van der Waals surface area contributed by atoms with Crippen molar-refractivity contribution in [3.8, 4) is 0 Å². The zero-order valence-electron chi connectivity index (χ0n) is 6.50. The van der Waals surface area contributed by atoms with Crippen molar-refractivity contribution >= 4 is 0 Å². The maximum atomic E-state index is 13.1. The molecule has 0 bridgehead atoms. The average molecular weight is 130 g/mol. The SMILES string of the molecule is C=C(CC)C(C)(F)CC. The van der Waals surface area contributed by atoms with E-state index >= 15 is 0 Å². The van der Waals surface area contributed by atoms with E-state index in [9.17, 15) is 4.39 Å². The minimum Gasteiger partial charge on any atom is -0.239 e. The predicted molar refractivity (Wildman–Crippen MR) is 39.2 cm³/mol. The van der Waals surface area contributed by atoms with Gasteiger partial charge in [0.25, 0.3) is 0 Å². The summed E-state index contributed by atoms with van der Waals surface area (Å²) in [6.07, 6.45) is 1.26. The Kier molecular flexibility index (Phi) is 2.89.